The molecule has 3 rings (SSSR count). The number of nitrogens with zero attached hydrogens (tertiary/aromatic N) is 1. The fourth-order valence-corrected chi connectivity index (χ4v) is 2.93. The van der Waals surface area contributed by atoms with E-state index in [9.17, 15) is 9.50 Å². The zero-order valence-electron chi connectivity index (χ0n) is 11.9. The third-order valence-corrected chi connectivity index (χ3v) is 4.19. The molecule has 1 aromatic carbocycles. The number of nitrogens with one attached hydrogen (secondary N) is 1. The van der Waals surface area contributed by atoms with Gasteiger partial charge in [0.25, 0.3) is 0 Å². The molecular weight excluding hydrogens is 314 g/mol. The number of halogens is 3. The van der Waals surface area contributed by atoms with Gasteiger partial charge in [0.15, 0.2) is 0 Å². The molecule has 0 radical (unpaired) electrons. The Morgan fingerprint density at radius 3 is 2.52 bits per heavy atom. The van der Waals surface area contributed by atoms with Crippen molar-refractivity contribution < 1.29 is 9.50 Å². The number of aromatic hydroxyl groups is 1. The third kappa shape index (κ3) is 4.71. The summed E-state index contributed by atoms with van der Waals surface area (Å²) < 4.78 is 13.5. The van der Waals surface area contributed by atoms with Crippen LogP contribution in [-0.4, -0.2) is 36.2 Å². The topological polar surface area (TPSA) is 35.5 Å². The van der Waals surface area contributed by atoms with Gasteiger partial charge in [-0.3, -0.25) is 4.90 Å². The molecule has 3 nitrogen and oxygen atoms in total. The number of hydrogen-bond donors (Lipinski definition) is 2. The van der Waals surface area contributed by atoms with Gasteiger partial charge >= 0.3 is 0 Å². The maximum Gasteiger partial charge on any atom is 0.123 e. The van der Waals surface area contributed by atoms with Gasteiger partial charge in [-0.15, -0.1) is 24.8 Å². The molecule has 0 spiro atoms. The first kappa shape index (κ1) is 18.5. The van der Waals surface area contributed by atoms with Crippen molar-refractivity contribution in [2.24, 2.45) is 5.92 Å². The molecule has 1 saturated carbocycles. The predicted octanol–water partition coefficient (Wildman–Crippen LogP) is 3.12. The van der Waals surface area contributed by atoms with E-state index < -0.39 is 0 Å². The lowest BCUT2D eigenvalue weighted by molar-refractivity contribution is 0.157. The first-order chi connectivity index (χ1) is 9.24. The second kappa shape index (κ2) is 8.18. The zero-order chi connectivity index (χ0) is 13.2. The molecule has 2 aliphatic rings. The summed E-state index contributed by atoms with van der Waals surface area (Å²) in [5.41, 5.74) is 0.758. The quantitative estimate of drug-likeness (QED) is 0.886. The van der Waals surface area contributed by atoms with Gasteiger partial charge in [-0.1, -0.05) is 12.8 Å². The molecule has 120 valence electrons. The van der Waals surface area contributed by atoms with Gasteiger partial charge in [0.1, 0.15) is 11.6 Å². The number of hydrogen-bond acceptors (Lipinski definition) is 3. The number of rotatable bonds is 4. The minimum atomic E-state index is -0.260. The summed E-state index contributed by atoms with van der Waals surface area (Å²) in [4.78, 5) is 2.38. The standard InChI is InChI=1S/C15H21FN2O.2ClH/c16-12-3-4-15(19)13(10-12)14(9-11-1-2-11)18-7-5-17-6-8-18;;/h3-4,10-11,14,17,19H,1-2,5-9H2;2*1H/t14-;;/m0../s1. The molecule has 1 aliphatic carbocycles. The SMILES string of the molecule is Cl.Cl.Oc1ccc(F)cc1[C@H](CC1CC1)N1CCNCC1. The molecular formula is C15H23Cl2FN2O. The Kier molecular flexibility index (Phi) is 7.21. The van der Waals surface area contributed by atoms with Gasteiger partial charge in [0.05, 0.1) is 0 Å². The van der Waals surface area contributed by atoms with Crippen LogP contribution in [0, 0.1) is 11.7 Å². The lowest BCUT2D eigenvalue weighted by Crippen LogP contribution is -2.45. The van der Waals surface area contributed by atoms with Gasteiger partial charge in [-0.2, -0.15) is 0 Å². The maximum absolute atomic E-state index is 13.5. The molecule has 1 heterocycles. The van der Waals surface area contributed by atoms with Crippen molar-refractivity contribution in [2.45, 2.75) is 25.3 Å². The smallest absolute Gasteiger partial charge is 0.123 e. The van der Waals surface area contributed by atoms with Crippen molar-refractivity contribution in [3.8, 4) is 5.75 Å². The summed E-state index contributed by atoms with van der Waals surface area (Å²) in [6, 6.07) is 4.47. The molecule has 1 aromatic rings. The van der Waals surface area contributed by atoms with E-state index in [1.54, 1.807) is 0 Å². The largest absolute Gasteiger partial charge is 0.508 e. The van der Waals surface area contributed by atoms with E-state index in [0.29, 0.717) is 0 Å². The van der Waals surface area contributed by atoms with Gasteiger partial charge in [-0.25, -0.2) is 4.39 Å². The van der Waals surface area contributed by atoms with E-state index in [-0.39, 0.29) is 42.4 Å². The summed E-state index contributed by atoms with van der Waals surface area (Å²) in [5.74, 6) is 0.719. The maximum atomic E-state index is 13.5. The van der Waals surface area contributed by atoms with E-state index in [2.05, 4.69) is 10.2 Å². The van der Waals surface area contributed by atoms with E-state index in [0.717, 1.165) is 44.1 Å². The van der Waals surface area contributed by atoms with Crippen LogP contribution in [0.25, 0.3) is 0 Å². The average Bonchev–Trinajstić information content (AvgIpc) is 3.24. The molecule has 6 heteroatoms. The average molecular weight is 337 g/mol. The summed E-state index contributed by atoms with van der Waals surface area (Å²) in [5, 5.41) is 13.4. The molecule has 0 aromatic heterocycles. The van der Waals surface area contributed by atoms with Crippen LogP contribution in [0.3, 0.4) is 0 Å². The monoisotopic (exact) mass is 336 g/mol. The van der Waals surface area contributed by atoms with Gasteiger partial charge in [-0.05, 0) is 30.5 Å². The number of phenols is 1. The molecule has 1 saturated heterocycles. The minimum Gasteiger partial charge on any atom is -0.508 e. The normalized spacial score (nSPS) is 20.2. The van der Waals surface area contributed by atoms with Crippen LogP contribution in [-0.2, 0) is 0 Å². The van der Waals surface area contributed by atoms with E-state index in [4.69, 9.17) is 0 Å². The Morgan fingerprint density at radius 2 is 1.90 bits per heavy atom. The van der Waals surface area contributed by atoms with Crippen LogP contribution in [0.5, 0.6) is 5.75 Å². The lowest BCUT2D eigenvalue weighted by atomic mass is 9.97. The van der Waals surface area contributed by atoms with Crippen LogP contribution in [0.1, 0.15) is 30.9 Å². The Balaban J connectivity index is 0.00000110. The highest BCUT2D eigenvalue weighted by Gasteiger charge is 2.31. The third-order valence-electron chi connectivity index (χ3n) is 4.19. The molecule has 0 amide bonds. The van der Waals surface area contributed by atoms with Crippen molar-refractivity contribution in [3.63, 3.8) is 0 Å². The molecule has 0 bridgehead atoms. The Bertz CT molecular complexity index is 451. The van der Waals surface area contributed by atoms with Crippen molar-refractivity contribution >= 4 is 24.8 Å². The first-order valence-corrected chi connectivity index (χ1v) is 7.17. The zero-order valence-corrected chi connectivity index (χ0v) is 13.6. The highest BCUT2D eigenvalue weighted by Crippen LogP contribution is 2.42. The molecule has 0 unspecified atom stereocenters. The lowest BCUT2D eigenvalue weighted by Gasteiger charge is -2.35. The number of phenolic OH excluding ortho intramolecular Hbond substituents is 1. The fraction of sp³-hybridized carbons (Fsp3) is 0.600. The summed E-state index contributed by atoms with van der Waals surface area (Å²) >= 11 is 0. The molecule has 2 N–H and O–H groups in total. The first-order valence-electron chi connectivity index (χ1n) is 7.17. The Morgan fingerprint density at radius 1 is 1.24 bits per heavy atom. The van der Waals surface area contributed by atoms with Crippen molar-refractivity contribution in [1.82, 2.24) is 10.2 Å². The summed E-state index contributed by atoms with van der Waals surface area (Å²) in [6.45, 7) is 3.87. The van der Waals surface area contributed by atoms with Crippen LogP contribution in [0.15, 0.2) is 18.2 Å². The predicted molar refractivity (Wildman–Crippen MR) is 87.1 cm³/mol. The van der Waals surface area contributed by atoms with Gasteiger partial charge in [0, 0.05) is 37.8 Å². The van der Waals surface area contributed by atoms with Crippen molar-refractivity contribution in [3.05, 3.63) is 29.6 Å². The van der Waals surface area contributed by atoms with Crippen LogP contribution in [0.2, 0.25) is 0 Å². The highest BCUT2D eigenvalue weighted by molar-refractivity contribution is 5.85. The van der Waals surface area contributed by atoms with Crippen molar-refractivity contribution in [2.75, 3.05) is 26.2 Å². The van der Waals surface area contributed by atoms with Gasteiger partial charge in [0.2, 0.25) is 0 Å². The molecule has 21 heavy (non-hydrogen) atoms. The van der Waals surface area contributed by atoms with Crippen molar-refractivity contribution in [1.29, 1.82) is 0 Å². The molecule has 2 fully saturated rings. The molecule has 1 atom stereocenters. The second-order valence-electron chi connectivity index (χ2n) is 5.68. The Labute approximate surface area is 137 Å². The second-order valence-corrected chi connectivity index (χ2v) is 5.68. The number of benzene rings is 1. The highest BCUT2D eigenvalue weighted by atomic mass is 35.5. The van der Waals surface area contributed by atoms with Crippen LogP contribution in [0.4, 0.5) is 4.39 Å². The molecule has 1 aliphatic heterocycles. The Hall–Kier alpha value is -0.550. The van der Waals surface area contributed by atoms with Crippen LogP contribution < -0.4 is 5.32 Å². The number of piperazine rings is 1. The summed E-state index contributed by atoms with van der Waals surface area (Å²) in [6.07, 6.45) is 3.59. The van der Waals surface area contributed by atoms with Gasteiger partial charge < -0.3 is 10.4 Å². The minimum absolute atomic E-state index is 0. The fourth-order valence-electron chi connectivity index (χ4n) is 2.93. The van der Waals surface area contributed by atoms with E-state index in [1.807, 2.05) is 0 Å². The summed E-state index contributed by atoms with van der Waals surface area (Å²) in [7, 11) is 0. The van der Waals surface area contributed by atoms with E-state index >= 15 is 0 Å². The van der Waals surface area contributed by atoms with E-state index in [1.165, 1.54) is 31.0 Å². The van der Waals surface area contributed by atoms with Crippen LogP contribution >= 0.6 is 24.8 Å².